The van der Waals surface area contributed by atoms with Crippen LogP contribution in [-0.4, -0.2) is 31.7 Å². The van der Waals surface area contributed by atoms with Crippen molar-refractivity contribution >= 4 is 90.9 Å². The van der Waals surface area contributed by atoms with Crippen molar-refractivity contribution in [2.45, 2.75) is 6.92 Å². The molecule has 6 heteroatoms. The molecule has 0 amide bonds. The second kappa shape index (κ2) is 18.3. The molecule has 262 valence electrons. The molecule has 0 aromatic heterocycles. The quantitative estimate of drug-likeness (QED) is 0.0554. The van der Waals surface area contributed by atoms with Crippen LogP contribution in [0.2, 0.25) is 0 Å². The highest BCUT2D eigenvalue weighted by atomic mass is 15.3. The Labute approximate surface area is 317 Å². The molecule has 1 N–H and O–H groups in total. The van der Waals surface area contributed by atoms with Crippen LogP contribution in [0.4, 0.5) is 22.7 Å². The highest BCUT2D eigenvalue weighted by Crippen LogP contribution is 2.20. The first kappa shape index (κ1) is 36.5. The van der Waals surface area contributed by atoms with Crippen molar-refractivity contribution in [3.05, 3.63) is 190 Å². The van der Waals surface area contributed by atoms with Crippen molar-refractivity contribution in [2.24, 2.45) is 25.2 Å². The largest absolute Gasteiger partial charge is 0.338 e. The number of anilines is 1. The van der Waals surface area contributed by atoms with Crippen LogP contribution in [0.5, 0.6) is 0 Å². The van der Waals surface area contributed by atoms with Crippen molar-refractivity contribution in [3.63, 3.8) is 0 Å². The second-order valence-corrected chi connectivity index (χ2v) is 12.4. The number of amidine groups is 1. The van der Waals surface area contributed by atoms with Gasteiger partial charge in [-0.25, -0.2) is 0 Å². The highest BCUT2D eigenvalue weighted by Gasteiger charge is 2.06. The van der Waals surface area contributed by atoms with Gasteiger partial charge in [0, 0.05) is 11.3 Å². The Hall–Kier alpha value is -7.31. The molecule has 0 fully saturated rings. The lowest BCUT2D eigenvalue weighted by Crippen LogP contribution is -2.13. The van der Waals surface area contributed by atoms with Gasteiger partial charge in [0.05, 0.1) is 22.8 Å². The summed E-state index contributed by atoms with van der Waals surface area (Å²) < 4.78 is 0. The van der Waals surface area contributed by atoms with Crippen molar-refractivity contribution < 1.29 is 0 Å². The van der Waals surface area contributed by atoms with E-state index in [4.69, 9.17) is 5.10 Å². The van der Waals surface area contributed by atoms with E-state index in [2.05, 4.69) is 131 Å². The van der Waals surface area contributed by atoms with E-state index in [0.29, 0.717) is 5.84 Å². The van der Waals surface area contributed by atoms with E-state index in [1.165, 1.54) is 0 Å². The van der Waals surface area contributed by atoms with Gasteiger partial charge in [-0.05, 0) is 115 Å². The Morgan fingerprint density at radius 2 is 0.685 bits per heavy atom. The van der Waals surface area contributed by atoms with Gasteiger partial charge < -0.3 is 5.32 Å². The molecule has 6 aromatic carbocycles. The van der Waals surface area contributed by atoms with Crippen LogP contribution in [-0.2, 0) is 0 Å². The lowest BCUT2D eigenvalue weighted by atomic mass is 10.1. The Kier molecular flexibility index (Phi) is 12.3. The van der Waals surface area contributed by atoms with Gasteiger partial charge in [0.1, 0.15) is 0 Å². The Morgan fingerprint density at radius 3 is 1.02 bits per heavy atom. The molecule has 0 aliphatic rings. The molecule has 0 saturated heterocycles. The van der Waals surface area contributed by atoms with Crippen LogP contribution in [0.25, 0.3) is 36.5 Å². The zero-order chi connectivity index (χ0) is 37.5. The van der Waals surface area contributed by atoms with Gasteiger partial charge in [0.2, 0.25) is 0 Å². The average molecular weight is 701 g/mol. The third-order valence-corrected chi connectivity index (χ3v) is 8.62. The molecule has 0 radical (unpaired) electrons. The minimum atomic E-state index is 0.633. The number of aliphatic imine (C=N–C) groups is 3. The SMILES string of the molecule is C=Nc1ccc(C=Cc2ccc(N/C(=N/N=C(/C)c3ccc(C=Cc4ccc(N=C)cc4)cc3)c3ccc(C=Cc4ccc(N=C)cc4)cc3)cc2)cc1. The summed E-state index contributed by atoms with van der Waals surface area (Å²) in [6.07, 6.45) is 12.5. The molecule has 6 rings (SSSR count). The number of hydrogen-bond acceptors (Lipinski definition) is 5. The minimum Gasteiger partial charge on any atom is -0.338 e. The third-order valence-electron chi connectivity index (χ3n) is 8.62. The van der Waals surface area contributed by atoms with E-state index in [-0.39, 0.29) is 0 Å². The Bertz CT molecular complexity index is 2340. The van der Waals surface area contributed by atoms with Crippen LogP contribution < -0.4 is 5.32 Å². The normalized spacial score (nSPS) is 12.0. The zero-order valence-electron chi connectivity index (χ0n) is 30.2. The molecule has 0 spiro atoms. The summed E-state index contributed by atoms with van der Waals surface area (Å²) in [5.74, 6) is 0.633. The zero-order valence-corrected chi connectivity index (χ0v) is 30.2. The van der Waals surface area contributed by atoms with Crippen molar-refractivity contribution in [1.82, 2.24) is 0 Å². The second-order valence-electron chi connectivity index (χ2n) is 12.4. The maximum atomic E-state index is 4.74. The molecule has 0 aliphatic carbocycles. The summed E-state index contributed by atoms with van der Waals surface area (Å²) in [5, 5.41) is 12.9. The summed E-state index contributed by atoms with van der Waals surface area (Å²) >= 11 is 0. The first-order valence-corrected chi connectivity index (χ1v) is 17.4. The summed E-state index contributed by atoms with van der Waals surface area (Å²) in [6, 6.07) is 48.6. The summed E-state index contributed by atoms with van der Waals surface area (Å²) in [4.78, 5) is 11.9. The van der Waals surface area contributed by atoms with Gasteiger partial charge >= 0.3 is 0 Å². The van der Waals surface area contributed by atoms with Gasteiger partial charge in [0.25, 0.3) is 0 Å². The average Bonchev–Trinajstić information content (AvgIpc) is 3.24. The van der Waals surface area contributed by atoms with Gasteiger partial charge in [0.15, 0.2) is 5.84 Å². The fourth-order valence-electron chi connectivity index (χ4n) is 5.39. The Balaban J connectivity index is 1.20. The molecule has 0 heterocycles. The first-order valence-electron chi connectivity index (χ1n) is 17.4. The third kappa shape index (κ3) is 10.4. The summed E-state index contributed by atoms with van der Waals surface area (Å²) in [5.41, 5.74) is 12.6. The number of nitrogens with one attached hydrogen (secondary N) is 1. The predicted octanol–water partition coefficient (Wildman–Crippen LogP) is 12.5. The van der Waals surface area contributed by atoms with Crippen LogP contribution in [0.15, 0.2) is 171 Å². The lowest BCUT2D eigenvalue weighted by Gasteiger charge is -2.10. The fourth-order valence-corrected chi connectivity index (χ4v) is 5.39. The fraction of sp³-hybridized carbons (Fsp3) is 0.0208. The summed E-state index contributed by atoms with van der Waals surface area (Å²) in [6.45, 7) is 12.7. The molecule has 0 unspecified atom stereocenters. The van der Waals surface area contributed by atoms with E-state index < -0.39 is 0 Å². The van der Waals surface area contributed by atoms with E-state index in [1.807, 2.05) is 104 Å². The lowest BCUT2D eigenvalue weighted by molar-refractivity contribution is 1.22. The smallest absolute Gasteiger partial charge is 0.160 e. The van der Waals surface area contributed by atoms with Crippen molar-refractivity contribution in [2.75, 3.05) is 5.32 Å². The molecule has 0 bridgehead atoms. The number of hydrogen-bond donors (Lipinski definition) is 1. The van der Waals surface area contributed by atoms with E-state index in [0.717, 1.165) is 73.0 Å². The topological polar surface area (TPSA) is 73.8 Å². The van der Waals surface area contributed by atoms with Crippen LogP contribution in [0.1, 0.15) is 51.4 Å². The number of benzene rings is 6. The Morgan fingerprint density at radius 1 is 0.389 bits per heavy atom. The van der Waals surface area contributed by atoms with Gasteiger partial charge in [-0.1, -0.05) is 134 Å². The predicted molar refractivity (Wildman–Crippen MR) is 235 cm³/mol. The molecular formula is C48H40N6. The highest BCUT2D eigenvalue weighted by molar-refractivity contribution is 6.09. The molecule has 0 saturated carbocycles. The standard InChI is InChI=1S/C48H40N6/c1-35(42-23-11-36(12-24-42)5-7-38-15-27-44(49-2)28-16-38)53-54-48(43-25-13-37(14-26-43)6-8-39-17-29-45(50-3)30-18-39)52-47-33-21-41(22-34-47)10-9-40-19-31-46(51-4)32-20-40/h5-34H,2-4H2,1H3,(H,52,54)/b7-5?,8-6?,10-9?,53-35-. The first-order chi connectivity index (χ1) is 26.5. The monoisotopic (exact) mass is 700 g/mol. The number of nitrogens with zero attached hydrogens (tertiary/aromatic N) is 5. The molecule has 6 aromatic rings. The maximum Gasteiger partial charge on any atom is 0.160 e. The van der Waals surface area contributed by atoms with Gasteiger partial charge in [-0.2, -0.15) is 5.10 Å². The van der Waals surface area contributed by atoms with Gasteiger partial charge in [-0.3, -0.25) is 15.0 Å². The van der Waals surface area contributed by atoms with Crippen LogP contribution >= 0.6 is 0 Å². The van der Waals surface area contributed by atoms with Crippen LogP contribution in [0.3, 0.4) is 0 Å². The molecule has 0 aliphatic heterocycles. The van der Waals surface area contributed by atoms with E-state index in [9.17, 15) is 0 Å². The van der Waals surface area contributed by atoms with E-state index in [1.54, 1.807) is 0 Å². The van der Waals surface area contributed by atoms with E-state index >= 15 is 0 Å². The van der Waals surface area contributed by atoms with Crippen LogP contribution in [0, 0.1) is 0 Å². The molecule has 6 nitrogen and oxygen atoms in total. The number of rotatable bonds is 13. The maximum absolute atomic E-state index is 4.74. The molecular weight excluding hydrogens is 661 g/mol. The molecule has 54 heavy (non-hydrogen) atoms. The van der Waals surface area contributed by atoms with Crippen molar-refractivity contribution in [1.29, 1.82) is 0 Å². The van der Waals surface area contributed by atoms with Crippen molar-refractivity contribution in [3.8, 4) is 0 Å². The van der Waals surface area contributed by atoms with Gasteiger partial charge in [-0.15, -0.1) is 5.10 Å². The molecule has 0 atom stereocenters. The summed E-state index contributed by atoms with van der Waals surface area (Å²) in [7, 11) is 0. The minimum absolute atomic E-state index is 0.633.